The van der Waals surface area contributed by atoms with Crippen molar-refractivity contribution in [2.24, 2.45) is 23.7 Å². The molecule has 1 N–H and O–H groups in total. The molecule has 0 heterocycles. The summed E-state index contributed by atoms with van der Waals surface area (Å²) in [6, 6.07) is 7.09. The van der Waals surface area contributed by atoms with E-state index in [0.717, 1.165) is 34.3 Å². The Morgan fingerprint density at radius 1 is 1.11 bits per heavy atom. The second-order valence-electron chi connectivity index (χ2n) is 6.87. The van der Waals surface area contributed by atoms with Gasteiger partial charge < -0.3 is 5.32 Å². The van der Waals surface area contributed by atoms with Crippen LogP contribution in [0.25, 0.3) is 0 Å². The summed E-state index contributed by atoms with van der Waals surface area (Å²) in [4.78, 5) is 0. The number of anilines is 1. The molecule has 1 aromatic rings. The van der Waals surface area contributed by atoms with E-state index in [1.54, 1.807) is 0 Å². The summed E-state index contributed by atoms with van der Waals surface area (Å²) in [5.41, 5.74) is 2.37. The van der Waals surface area contributed by atoms with E-state index in [-0.39, 0.29) is 0 Å². The smallest absolute Gasteiger partial charge is 0.0455 e. The molecule has 0 aromatic heterocycles. The minimum absolute atomic E-state index is 0.697. The number of benzene rings is 1. The van der Waals surface area contributed by atoms with E-state index in [0.29, 0.717) is 6.04 Å². The quantitative estimate of drug-likeness (QED) is 0.811. The molecule has 3 fully saturated rings. The molecule has 3 aliphatic carbocycles. The Bertz CT molecular complexity index is 498. The van der Waals surface area contributed by atoms with Crippen molar-refractivity contribution in [3.05, 3.63) is 28.8 Å². The minimum atomic E-state index is 0.697. The Hall–Kier alpha value is -0.690. The number of fused-ring (bicyclic) bond motifs is 5. The lowest BCUT2D eigenvalue weighted by molar-refractivity contribution is 0.243. The van der Waals surface area contributed by atoms with Crippen LogP contribution < -0.4 is 5.32 Å². The minimum Gasteiger partial charge on any atom is -0.382 e. The van der Waals surface area contributed by atoms with Crippen LogP contribution in [0.3, 0.4) is 0 Å². The molecule has 0 amide bonds. The van der Waals surface area contributed by atoms with E-state index in [4.69, 9.17) is 11.6 Å². The zero-order chi connectivity index (χ0) is 13.0. The Morgan fingerprint density at radius 2 is 1.95 bits per heavy atom. The predicted molar refractivity (Wildman–Crippen MR) is 80.6 cm³/mol. The van der Waals surface area contributed by atoms with Gasteiger partial charge in [-0.25, -0.2) is 0 Å². The largest absolute Gasteiger partial charge is 0.382 e. The van der Waals surface area contributed by atoms with E-state index >= 15 is 0 Å². The van der Waals surface area contributed by atoms with Crippen molar-refractivity contribution in [2.45, 2.75) is 45.1 Å². The van der Waals surface area contributed by atoms with Gasteiger partial charge in [-0.1, -0.05) is 24.1 Å². The van der Waals surface area contributed by atoms with Crippen LogP contribution >= 0.6 is 11.6 Å². The van der Waals surface area contributed by atoms with Gasteiger partial charge in [-0.05, 0) is 74.0 Å². The Morgan fingerprint density at radius 3 is 2.79 bits per heavy atom. The maximum absolute atomic E-state index is 6.23. The first-order valence-corrected chi connectivity index (χ1v) is 8.13. The lowest BCUT2D eigenvalue weighted by atomic mass is 9.79. The fourth-order valence-corrected chi connectivity index (χ4v) is 5.31. The van der Waals surface area contributed by atoms with Crippen LogP contribution in [0.1, 0.15) is 37.7 Å². The highest BCUT2D eigenvalue weighted by molar-refractivity contribution is 6.31. The van der Waals surface area contributed by atoms with E-state index in [1.165, 1.54) is 37.8 Å². The van der Waals surface area contributed by atoms with Crippen LogP contribution in [-0.4, -0.2) is 6.04 Å². The maximum Gasteiger partial charge on any atom is 0.0455 e. The second-order valence-corrected chi connectivity index (χ2v) is 7.28. The SMILES string of the molecule is Cc1ccc(NC2CC3CC2C2CCCC32)cc1Cl. The molecular formula is C17H22ClN. The van der Waals surface area contributed by atoms with Gasteiger partial charge in [0.1, 0.15) is 0 Å². The lowest BCUT2D eigenvalue weighted by Gasteiger charge is -2.32. The summed E-state index contributed by atoms with van der Waals surface area (Å²) in [6.07, 6.45) is 7.34. The normalized spacial score (nSPS) is 39.6. The Labute approximate surface area is 120 Å². The lowest BCUT2D eigenvalue weighted by Crippen LogP contribution is -2.33. The number of hydrogen-bond acceptors (Lipinski definition) is 1. The average molecular weight is 276 g/mol. The van der Waals surface area contributed by atoms with Gasteiger partial charge in [0.05, 0.1) is 0 Å². The third-order valence-corrected chi connectivity index (χ3v) is 6.36. The van der Waals surface area contributed by atoms with Crippen molar-refractivity contribution in [1.29, 1.82) is 0 Å². The molecule has 0 aliphatic heterocycles. The Balaban J connectivity index is 1.51. The number of halogens is 1. The highest BCUT2D eigenvalue weighted by atomic mass is 35.5. The first-order chi connectivity index (χ1) is 9.22. The maximum atomic E-state index is 6.23. The van der Waals surface area contributed by atoms with Gasteiger partial charge in [0.15, 0.2) is 0 Å². The van der Waals surface area contributed by atoms with Crippen LogP contribution in [0.5, 0.6) is 0 Å². The van der Waals surface area contributed by atoms with Crippen LogP contribution in [0.2, 0.25) is 5.02 Å². The molecule has 3 aliphatic rings. The Kier molecular flexibility index (Phi) is 2.80. The molecule has 19 heavy (non-hydrogen) atoms. The first-order valence-electron chi connectivity index (χ1n) is 7.75. The summed E-state index contributed by atoms with van der Waals surface area (Å²) in [6.45, 7) is 2.06. The van der Waals surface area contributed by atoms with Crippen molar-refractivity contribution in [3.8, 4) is 0 Å². The van der Waals surface area contributed by atoms with Gasteiger partial charge in [-0.3, -0.25) is 0 Å². The summed E-state index contributed by atoms with van der Waals surface area (Å²) in [5.74, 6) is 4.04. The molecule has 0 radical (unpaired) electrons. The van der Waals surface area contributed by atoms with Crippen molar-refractivity contribution >= 4 is 17.3 Å². The summed E-state index contributed by atoms with van der Waals surface area (Å²) in [5, 5.41) is 4.65. The van der Waals surface area contributed by atoms with Crippen molar-refractivity contribution in [1.82, 2.24) is 0 Å². The van der Waals surface area contributed by atoms with Gasteiger partial charge in [0.25, 0.3) is 0 Å². The van der Waals surface area contributed by atoms with Crippen molar-refractivity contribution in [3.63, 3.8) is 0 Å². The van der Waals surface area contributed by atoms with Gasteiger partial charge >= 0.3 is 0 Å². The highest BCUT2D eigenvalue weighted by Gasteiger charge is 2.53. The number of nitrogens with one attached hydrogen (secondary N) is 1. The van der Waals surface area contributed by atoms with Crippen LogP contribution in [0.4, 0.5) is 5.69 Å². The molecule has 1 aromatic carbocycles. The molecule has 5 atom stereocenters. The molecular weight excluding hydrogens is 254 g/mol. The monoisotopic (exact) mass is 275 g/mol. The average Bonchev–Trinajstić information content (AvgIpc) is 3.05. The fourth-order valence-electron chi connectivity index (χ4n) is 5.13. The molecule has 2 heteroatoms. The van der Waals surface area contributed by atoms with E-state index in [2.05, 4.69) is 30.4 Å². The van der Waals surface area contributed by atoms with E-state index in [1.807, 2.05) is 0 Å². The van der Waals surface area contributed by atoms with Crippen LogP contribution in [-0.2, 0) is 0 Å². The molecule has 4 rings (SSSR count). The summed E-state index contributed by atoms with van der Waals surface area (Å²) in [7, 11) is 0. The molecule has 2 bridgehead atoms. The van der Waals surface area contributed by atoms with Crippen LogP contribution in [0.15, 0.2) is 18.2 Å². The first kappa shape index (κ1) is 12.1. The van der Waals surface area contributed by atoms with E-state index < -0.39 is 0 Å². The third kappa shape index (κ3) is 1.89. The van der Waals surface area contributed by atoms with Gasteiger partial charge in [0.2, 0.25) is 0 Å². The third-order valence-electron chi connectivity index (χ3n) is 5.95. The van der Waals surface area contributed by atoms with Crippen molar-refractivity contribution in [2.75, 3.05) is 5.32 Å². The highest BCUT2D eigenvalue weighted by Crippen LogP contribution is 2.59. The summed E-state index contributed by atoms with van der Waals surface area (Å²) < 4.78 is 0. The van der Waals surface area contributed by atoms with Gasteiger partial charge in [-0.2, -0.15) is 0 Å². The standard InChI is InChI=1S/C17H22ClN/c1-10-5-6-12(9-16(10)18)19-17-8-11-7-15(17)14-4-2-3-13(11)14/h5-6,9,11,13-15,17,19H,2-4,7-8H2,1H3. The zero-order valence-electron chi connectivity index (χ0n) is 11.5. The number of aryl methyl sites for hydroxylation is 1. The molecule has 3 saturated carbocycles. The molecule has 102 valence electrons. The van der Waals surface area contributed by atoms with Crippen molar-refractivity contribution < 1.29 is 0 Å². The predicted octanol–water partition coefficient (Wildman–Crippen LogP) is 4.89. The topological polar surface area (TPSA) is 12.0 Å². The molecule has 0 saturated heterocycles. The van der Waals surface area contributed by atoms with E-state index in [9.17, 15) is 0 Å². The zero-order valence-corrected chi connectivity index (χ0v) is 12.3. The van der Waals surface area contributed by atoms with Crippen LogP contribution in [0, 0.1) is 30.6 Å². The number of hydrogen-bond donors (Lipinski definition) is 1. The molecule has 5 unspecified atom stereocenters. The fraction of sp³-hybridized carbons (Fsp3) is 0.647. The van der Waals surface area contributed by atoms with Gasteiger partial charge in [0, 0.05) is 16.8 Å². The van der Waals surface area contributed by atoms with Gasteiger partial charge in [-0.15, -0.1) is 0 Å². The second kappa shape index (κ2) is 4.41. The molecule has 0 spiro atoms. The summed E-state index contributed by atoms with van der Waals surface area (Å²) >= 11 is 6.23. The number of rotatable bonds is 2. The molecule has 1 nitrogen and oxygen atoms in total.